The number of nitrogens with zero attached hydrogens (tertiary/aromatic N) is 1. The van der Waals surface area contributed by atoms with Crippen LogP contribution in [0.15, 0.2) is 41.4 Å². The zero-order valence-corrected chi connectivity index (χ0v) is 15.7. The topological polar surface area (TPSA) is 69.6 Å². The Morgan fingerprint density at radius 3 is 2.85 bits per heavy atom. The van der Waals surface area contributed by atoms with Gasteiger partial charge in [-0.05, 0) is 49.2 Å². The molecule has 1 aromatic heterocycles. The lowest BCUT2D eigenvalue weighted by Crippen LogP contribution is -2.24. The number of aromatic hydroxyl groups is 1. The second kappa shape index (κ2) is 8.22. The van der Waals surface area contributed by atoms with Gasteiger partial charge in [-0.25, -0.2) is 4.39 Å². The minimum atomic E-state index is -0.398. The summed E-state index contributed by atoms with van der Waals surface area (Å²) >= 11 is 0. The van der Waals surface area contributed by atoms with Crippen LogP contribution in [0.5, 0.6) is 5.88 Å². The molecule has 0 saturated heterocycles. The first-order valence-electron chi connectivity index (χ1n) is 8.92. The van der Waals surface area contributed by atoms with E-state index in [9.17, 15) is 9.50 Å². The average Bonchev–Trinajstić information content (AvgIpc) is 2.97. The molecule has 0 bridgehead atoms. The normalized spacial score (nSPS) is 12.7. The molecule has 1 atom stereocenters. The summed E-state index contributed by atoms with van der Waals surface area (Å²) in [7, 11) is 1.69. The summed E-state index contributed by atoms with van der Waals surface area (Å²) in [6.07, 6.45) is 2.44. The molecule has 1 heterocycles. The molecule has 3 rings (SSSR count). The third-order valence-electron chi connectivity index (χ3n) is 4.56. The van der Waals surface area contributed by atoms with E-state index >= 15 is 0 Å². The second-order valence-electron chi connectivity index (χ2n) is 6.51. The van der Waals surface area contributed by atoms with E-state index in [2.05, 4.69) is 22.2 Å². The number of benzene rings is 2. The number of ether oxygens (including phenoxy) is 1. The van der Waals surface area contributed by atoms with E-state index in [4.69, 9.17) is 4.74 Å². The lowest BCUT2D eigenvalue weighted by Gasteiger charge is -2.19. The molecule has 3 N–H and O–H groups in total. The number of rotatable bonds is 7. The molecule has 0 saturated carbocycles. The molecular formula is C21H24FN3O2. The van der Waals surface area contributed by atoms with E-state index in [1.54, 1.807) is 19.2 Å². The van der Waals surface area contributed by atoms with Gasteiger partial charge in [0.05, 0.1) is 23.4 Å². The van der Waals surface area contributed by atoms with Crippen molar-refractivity contribution in [2.75, 3.05) is 19.0 Å². The van der Waals surface area contributed by atoms with Gasteiger partial charge in [0.15, 0.2) is 5.88 Å². The van der Waals surface area contributed by atoms with Gasteiger partial charge in [-0.1, -0.05) is 13.0 Å². The van der Waals surface area contributed by atoms with Crippen LogP contribution in [0.25, 0.3) is 10.9 Å². The quantitative estimate of drug-likeness (QED) is 0.518. The third-order valence-corrected chi connectivity index (χ3v) is 4.56. The van der Waals surface area contributed by atoms with Crippen molar-refractivity contribution < 1.29 is 14.2 Å². The van der Waals surface area contributed by atoms with Crippen LogP contribution in [-0.2, 0) is 4.74 Å². The number of fused-ring (bicyclic) bond motifs is 1. The maximum absolute atomic E-state index is 14.1. The Bertz CT molecular complexity index is 965. The van der Waals surface area contributed by atoms with Gasteiger partial charge in [-0.2, -0.15) is 0 Å². The minimum absolute atomic E-state index is 0.0980. The number of aliphatic imine (C=N–C) groups is 1. The zero-order valence-electron chi connectivity index (χ0n) is 15.7. The van der Waals surface area contributed by atoms with Gasteiger partial charge in [0.1, 0.15) is 5.82 Å². The van der Waals surface area contributed by atoms with Crippen LogP contribution in [0.4, 0.5) is 15.8 Å². The number of anilines is 1. The standard InChI is InChI=1S/C21H24FN3O2/c1-4-14(12-27-3)24-18-9-8-15(10-13(18)2)23-11-16-20-17(22)6-5-7-19(20)25-21(16)26/h5-11,14,24-26H,4,12H2,1-3H3. The molecular weight excluding hydrogens is 345 g/mol. The number of aryl methyl sites for hydroxylation is 1. The number of hydrogen-bond donors (Lipinski definition) is 3. The number of aromatic nitrogens is 1. The van der Waals surface area contributed by atoms with Crippen molar-refractivity contribution in [2.45, 2.75) is 26.3 Å². The number of halogens is 1. The van der Waals surface area contributed by atoms with Crippen LogP contribution < -0.4 is 5.32 Å². The summed E-state index contributed by atoms with van der Waals surface area (Å²) in [5, 5.41) is 13.9. The Hall–Kier alpha value is -2.86. The molecule has 142 valence electrons. The van der Waals surface area contributed by atoms with Crippen molar-refractivity contribution in [1.82, 2.24) is 4.98 Å². The van der Waals surface area contributed by atoms with Crippen LogP contribution in [0, 0.1) is 12.7 Å². The summed E-state index contributed by atoms with van der Waals surface area (Å²) < 4.78 is 19.3. The van der Waals surface area contributed by atoms with Crippen LogP contribution in [0.1, 0.15) is 24.5 Å². The predicted octanol–water partition coefficient (Wildman–Crippen LogP) is 4.91. The number of aromatic amines is 1. The number of methoxy groups -OCH3 is 1. The van der Waals surface area contributed by atoms with Crippen molar-refractivity contribution >= 4 is 28.5 Å². The van der Waals surface area contributed by atoms with Crippen molar-refractivity contribution in [3.63, 3.8) is 0 Å². The van der Waals surface area contributed by atoms with Crippen LogP contribution in [0.3, 0.4) is 0 Å². The summed E-state index contributed by atoms with van der Waals surface area (Å²) in [6, 6.07) is 10.7. The highest BCUT2D eigenvalue weighted by atomic mass is 19.1. The van der Waals surface area contributed by atoms with E-state index in [0.717, 1.165) is 23.4 Å². The summed E-state index contributed by atoms with van der Waals surface area (Å²) in [5.41, 5.74) is 3.68. The summed E-state index contributed by atoms with van der Waals surface area (Å²) in [5.74, 6) is -0.496. The highest BCUT2D eigenvalue weighted by molar-refractivity contribution is 6.02. The van der Waals surface area contributed by atoms with Gasteiger partial charge < -0.3 is 20.1 Å². The molecule has 6 heteroatoms. The lowest BCUT2D eigenvalue weighted by atomic mass is 10.1. The van der Waals surface area contributed by atoms with E-state index in [1.165, 1.54) is 12.3 Å². The molecule has 2 aromatic carbocycles. The maximum Gasteiger partial charge on any atom is 0.198 e. The largest absolute Gasteiger partial charge is 0.494 e. The predicted molar refractivity (Wildman–Crippen MR) is 108 cm³/mol. The van der Waals surface area contributed by atoms with Crippen LogP contribution >= 0.6 is 0 Å². The Balaban J connectivity index is 1.85. The van der Waals surface area contributed by atoms with E-state index in [1.807, 2.05) is 25.1 Å². The Kier molecular flexibility index (Phi) is 5.76. The van der Waals surface area contributed by atoms with Crippen LogP contribution in [0.2, 0.25) is 0 Å². The van der Waals surface area contributed by atoms with E-state index < -0.39 is 5.82 Å². The molecule has 0 fully saturated rings. The second-order valence-corrected chi connectivity index (χ2v) is 6.51. The number of hydrogen-bond acceptors (Lipinski definition) is 4. The number of H-pyrrole nitrogens is 1. The number of nitrogens with one attached hydrogen (secondary N) is 2. The van der Waals surface area contributed by atoms with E-state index in [0.29, 0.717) is 23.1 Å². The van der Waals surface area contributed by atoms with Gasteiger partial charge in [0.2, 0.25) is 0 Å². The van der Waals surface area contributed by atoms with Gasteiger partial charge in [0, 0.05) is 30.4 Å². The summed E-state index contributed by atoms with van der Waals surface area (Å²) in [4.78, 5) is 7.18. The first-order chi connectivity index (χ1) is 13.0. The molecule has 27 heavy (non-hydrogen) atoms. The van der Waals surface area contributed by atoms with Crippen molar-refractivity contribution in [1.29, 1.82) is 0 Å². The van der Waals surface area contributed by atoms with Crippen molar-refractivity contribution in [3.8, 4) is 5.88 Å². The Morgan fingerprint density at radius 2 is 2.15 bits per heavy atom. The molecule has 0 radical (unpaired) electrons. The first-order valence-corrected chi connectivity index (χ1v) is 8.92. The molecule has 5 nitrogen and oxygen atoms in total. The first kappa shape index (κ1) is 18.9. The Morgan fingerprint density at radius 1 is 1.33 bits per heavy atom. The van der Waals surface area contributed by atoms with Crippen LogP contribution in [-0.4, -0.2) is 36.1 Å². The van der Waals surface area contributed by atoms with Gasteiger partial charge in [0.25, 0.3) is 0 Å². The molecule has 0 aliphatic heterocycles. The highest BCUT2D eigenvalue weighted by Crippen LogP contribution is 2.29. The Labute approximate surface area is 157 Å². The molecule has 0 spiro atoms. The molecule has 1 unspecified atom stereocenters. The fourth-order valence-electron chi connectivity index (χ4n) is 3.05. The minimum Gasteiger partial charge on any atom is -0.494 e. The summed E-state index contributed by atoms with van der Waals surface area (Å²) in [6.45, 7) is 4.75. The van der Waals surface area contributed by atoms with Crippen molar-refractivity contribution in [3.05, 3.63) is 53.3 Å². The van der Waals surface area contributed by atoms with Gasteiger partial charge in [-0.15, -0.1) is 0 Å². The zero-order chi connectivity index (χ0) is 19.4. The monoisotopic (exact) mass is 369 g/mol. The fourth-order valence-corrected chi connectivity index (χ4v) is 3.05. The average molecular weight is 369 g/mol. The smallest absolute Gasteiger partial charge is 0.198 e. The van der Waals surface area contributed by atoms with Crippen molar-refractivity contribution in [2.24, 2.45) is 4.99 Å². The highest BCUT2D eigenvalue weighted by Gasteiger charge is 2.13. The lowest BCUT2D eigenvalue weighted by molar-refractivity contribution is 0.184. The SMILES string of the molecule is CCC(COC)Nc1ccc(N=Cc2c(O)[nH]c3cccc(F)c23)cc1C. The molecule has 0 amide bonds. The van der Waals surface area contributed by atoms with Gasteiger partial charge in [-0.3, -0.25) is 4.99 Å². The molecule has 3 aromatic rings. The maximum atomic E-state index is 14.1. The fraction of sp³-hybridized carbons (Fsp3) is 0.286. The molecule has 0 aliphatic carbocycles. The third kappa shape index (κ3) is 4.11. The molecule has 0 aliphatic rings. The van der Waals surface area contributed by atoms with Gasteiger partial charge >= 0.3 is 0 Å². The van der Waals surface area contributed by atoms with E-state index in [-0.39, 0.29) is 11.9 Å².